The smallest absolute Gasteiger partial charge is 0.239 e. The molecule has 0 fully saturated rings. The van der Waals surface area contributed by atoms with Crippen LogP contribution in [0.4, 0.5) is 26.2 Å². The van der Waals surface area contributed by atoms with Gasteiger partial charge in [0.05, 0.1) is 6.20 Å². The molecule has 4 N–H and O–H groups in total. The normalized spacial score (nSPS) is 10.1. The summed E-state index contributed by atoms with van der Waals surface area (Å²) in [5.74, 6) is 3.99. The van der Waals surface area contributed by atoms with Gasteiger partial charge in [-0.2, -0.15) is 4.98 Å². The Bertz CT molecular complexity index is 532. The summed E-state index contributed by atoms with van der Waals surface area (Å²) in [4.78, 5) is 7.34. The first-order valence-corrected chi connectivity index (χ1v) is 4.71. The highest BCUT2D eigenvalue weighted by molar-refractivity contribution is 5.57. The van der Waals surface area contributed by atoms with E-state index in [-0.39, 0.29) is 11.8 Å². The van der Waals surface area contributed by atoms with Crippen molar-refractivity contribution < 1.29 is 8.78 Å². The number of nitrogens with one attached hydrogen (secondary N) is 2. The van der Waals surface area contributed by atoms with Crippen LogP contribution in [-0.4, -0.2) is 9.97 Å². The molecule has 0 amide bonds. The van der Waals surface area contributed by atoms with E-state index in [0.717, 1.165) is 6.20 Å². The monoisotopic (exact) mass is 237 g/mol. The number of halogens is 2. The Hall–Kier alpha value is -2.28. The highest BCUT2D eigenvalue weighted by atomic mass is 19.1. The van der Waals surface area contributed by atoms with E-state index >= 15 is 0 Å². The second-order valence-corrected chi connectivity index (χ2v) is 3.17. The number of rotatable bonds is 3. The Morgan fingerprint density at radius 1 is 1.24 bits per heavy atom. The van der Waals surface area contributed by atoms with E-state index in [1.165, 1.54) is 18.2 Å². The van der Waals surface area contributed by atoms with Gasteiger partial charge in [0.1, 0.15) is 5.82 Å². The number of benzene rings is 1. The molecule has 88 valence electrons. The first-order chi connectivity index (χ1) is 8.19. The maximum Gasteiger partial charge on any atom is 0.239 e. The molecule has 2 rings (SSSR count). The van der Waals surface area contributed by atoms with Gasteiger partial charge >= 0.3 is 0 Å². The van der Waals surface area contributed by atoms with Gasteiger partial charge in [-0.15, -0.1) is 0 Å². The second-order valence-electron chi connectivity index (χ2n) is 3.17. The van der Waals surface area contributed by atoms with Crippen LogP contribution < -0.4 is 16.6 Å². The fourth-order valence-corrected chi connectivity index (χ4v) is 1.23. The van der Waals surface area contributed by atoms with Gasteiger partial charge in [-0.1, -0.05) is 6.07 Å². The lowest BCUT2D eigenvalue weighted by molar-refractivity contribution is 0.618. The van der Waals surface area contributed by atoms with E-state index in [1.54, 1.807) is 6.07 Å². The van der Waals surface area contributed by atoms with Crippen LogP contribution in [0.25, 0.3) is 0 Å². The van der Waals surface area contributed by atoms with Gasteiger partial charge in [0.15, 0.2) is 11.6 Å². The number of nitrogen functional groups attached to an aromatic ring is 1. The maximum absolute atomic E-state index is 13.3. The zero-order valence-corrected chi connectivity index (χ0v) is 8.61. The number of nitrogens with two attached hydrogens (primary N) is 1. The first-order valence-electron chi connectivity index (χ1n) is 4.71. The third kappa shape index (κ3) is 2.64. The SMILES string of the molecule is NNc1ncc(F)c(Nc2cccc(F)c2)n1. The fourth-order valence-electron chi connectivity index (χ4n) is 1.23. The van der Waals surface area contributed by atoms with Crippen molar-refractivity contribution in [3.8, 4) is 0 Å². The predicted octanol–water partition coefficient (Wildman–Crippen LogP) is 1.78. The largest absolute Gasteiger partial charge is 0.338 e. The van der Waals surface area contributed by atoms with Gasteiger partial charge in [-0.25, -0.2) is 19.6 Å². The van der Waals surface area contributed by atoms with Crippen molar-refractivity contribution in [3.05, 3.63) is 42.1 Å². The highest BCUT2D eigenvalue weighted by Gasteiger charge is 2.06. The molecule has 0 spiro atoms. The molecule has 0 saturated heterocycles. The number of hydrogen-bond donors (Lipinski definition) is 3. The van der Waals surface area contributed by atoms with Crippen molar-refractivity contribution in [2.24, 2.45) is 5.84 Å². The number of anilines is 3. The average molecular weight is 237 g/mol. The molecular formula is C10H9F2N5. The van der Waals surface area contributed by atoms with E-state index in [0.29, 0.717) is 5.69 Å². The number of aromatic nitrogens is 2. The molecule has 0 aliphatic carbocycles. The lowest BCUT2D eigenvalue weighted by Gasteiger charge is -2.07. The van der Waals surface area contributed by atoms with Gasteiger partial charge < -0.3 is 5.32 Å². The topological polar surface area (TPSA) is 75.9 Å². The summed E-state index contributed by atoms with van der Waals surface area (Å²) < 4.78 is 26.3. The molecule has 0 atom stereocenters. The summed E-state index contributed by atoms with van der Waals surface area (Å²) in [7, 11) is 0. The fraction of sp³-hybridized carbons (Fsp3) is 0. The van der Waals surface area contributed by atoms with Crippen molar-refractivity contribution in [1.29, 1.82) is 0 Å². The molecule has 0 aliphatic heterocycles. The van der Waals surface area contributed by atoms with Gasteiger partial charge in [0.25, 0.3) is 0 Å². The zero-order valence-electron chi connectivity index (χ0n) is 8.61. The van der Waals surface area contributed by atoms with E-state index in [4.69, 9.17) is 5.84 Å². The Morgan fingerprint density at radius 2 is 2.06 bits per heavy atom. The molecule has 0 bridgehead atoms. The zero-order chi connectivity index (χ0) is 12.3. The maximum atomic E-state index is 13.3. The van der Waals surface area contributed by atoms with Gasteiger partial charge in [0.2, 0.25) is 5.95 Å². The van der Waals surface area contributed by atoms with Crippen LogP contribution in [0.2, 0.25) is 0 Å². The summed E-state index contributed by atoms with van der Waals surface area (Å²) in [5, 5.41) is 2.63. The quantitative estimate of drug-likeness (QED) is 0.560. The minimum absolute atomic E-state index is 0.0605. The highest BCUT2D eigenvalue weighted by Crippen LogP contribution is 2.18. The van der Waals surface area contributed by atoms with Crippen LogP contribution >= 0.6 is 0 Å². The first kappa shape index (κ1) is 11.2. The number of hydrogen-bond acceptors (Lipinski definition) is 5. The van der Waals surface area contributed by atoms with E-state index < -0.39 is 11.6 Å². The summed E-state index contributed by atoms with van der Waals surface area (Å²) in [6, 6.07) is 5.59. The third-order valence-corrected chi connectivity index (χ3v) is 1.96. The lowest BCUT2D eigenvalue weighted by atomic mass is 10.3. The molecule has 7 heteroatoms. The van der Waals surface area contributed by atoms with Crippen LogP contribution in [0.3, 0.4) is 0 Å². The number of nitrogens with zero attached hydrogens (tertiary/aromatic N) is 2. The lowest BCUT2D eigenvalue weighted by Crippen LogP contribution is -2.12. The Balaban J connectivity index is 2.29. The van der Waals surface area contributed by atoms with Crippen LogP contribution in [0, 0.1) is 11.6 Å². The second kappa shape index (κ2) is 4.71. The van der Waals surface area contributed by atoms with Crippen molar-refractivity contribution in [2.45, 2.75) is 0 Å². The summed E-state index contributed by atoms with van der Waals surface area (Å²) in [6.07, 6.45) is 0.962. The molecule has 0 radical (unpaired) electrons. The molecule has 0 aliphatic rings. The molecule has 1 heterocycles. The van der Waals surface area contributed by atoms with Crippen molar-refractivity contribution in [2.75, 3.05) is 10.7 Å². The minimum atomic E-state index is -0.659. The number of hydrazine groups is 1. The third-order valence-electron chi connectivity index (χ3n) is 1.96. The van der Waals surface area contributed by atoms with Crippen LogP contribution in [0.1, 0.15) is 0 Å². The molecule has 17 heavy (non-hydrogen) atoms. The molecular weight excluding hydrogens is 228 g/mol. The Morgan fingerprint density at radius 3 is 2.76 bits per heavy atom. The summed E-state index contributed by atoms with van der Waals surface area (Å²) in [6.45, 7) is 0. The minimum Gasteiger partial charge on any atom is -0.338 e. The van der Waals surface area contributed by atoms with Crippen LogP contribution in [-0.2, 0) is 0 Å². The molecule has 5 nitrogen and oxygen atoms in total. The van der Waals surface area contributed by atoms with E-state index in [1.807, 2.05) is 0 Å². The predicted molar refractivity (Wildman–Crippen MR) is 59.5 cm³/mol. The van der Waals surface area contributed by atoms with E-state index in [9.17, 15) is 8.78 Å². The Kier molecular flexibility index (Phi) is 3.10. The molecule has 1 aromatic heterocycles. The molecule has 2 aromatic rings. The van der Waals surface area contributed by atoms with Crippen LogP contribution in [0.15, 0.2) is 30.5 Å². The molecule has 0 saturated carbocycles. The average Bonchev–Trinajstić information content (AvgIpc) is 2.32. The molecule has 0 unspecified atom stereocenters. The standard InChI is InChI=1S/C10H9F2N5/c11-6-2-1-3-7(4-6)15-9-8(12)5-14-10(16-9)17-13/h1-5H,13H2,(H2,14,15,16,17). The Labute approximate surface area is 95.7 Å². The van der Waals surface area contributed by atoms with Crippen LogP contribution in [0.5, 0.6) is 0 Å². The van der Waals surface area contributed by atoms with Gasteiger partial charge in [-0.3, -0.25) is 5.43 Å². The summed E-state index contributed by atoms with van der Waals surface area (Å²) >= 11 is 0. The molecule has 1 aromatic carbocycles. The van der Waals surface area contributed by atoms with Gasteiger partial charge in [-0.05, 0) is 18.2 Å². The van der Waals surface area contributed by atoms with Gasteiger partial charge in [0, 0.05) is 5.69 Å². The van der Waals surface area contributed by atoms with Crippen molar-refractivity contribution >= 4 is 17.5 Å². The van der Waals surface area contributed by atoms with Crippen molar-refractivity contribution in [1.82, 2.24) is 9.97 Å². The summed E-state index contributed by atoms with van der Waals surface area (Å²) in [5.41, 5.74) is 2.57. The van der Waals surface area contributed by atoms with Crippen molar-refractivity contribution in [3.63, 3.8) is 0 Å². The van der Waals surface area contributed by atoms with E-state index in [2.05, 4.69) is 20.7 Å².